The highest BCUT2D eigenvalue weighted by molar-refractivity contribution is 5.78. The van der Waals surface area contributed by atoms with Crippen LogP contribution in [0.15, 0.2) is 0 Å². The van der Waals surface area contributed by atoms with Gasteiger partial charge < -0.3 is 15.7 Å². The van der Waals surface area contributed by atoms with E-state index in [-0.39, 0.29) is 24.0 Å². The third-order valence-corrected chi connectivity index (χ3v) is 2.61. The third-order valence-electron chi connectivity index (χ3n) is 2.61. The molecule has 3 N–H and O–H groups in total. The van der Waals surface area contributed by atoms with Crippen LogP contribution in [0.4, 0.5) is 0 Å². The van der Waals surface area contributed by atoms with Gasteiger partial charge in [-0.05, 0) is 19.4 Å². The number of carbonyl (C=O) groups is 1. The van der Waals surface area contributed by atoms with Gasteiger partial charge in [0.2, 0.25) is 5.91 Å². The molecular weight excluding hydrogens is 180 g/mol. The molecule has 1 saturated carbocycles. The minimum absolute atomic E-state index is 0.00712. The Morgan fingerprint density at radius 2 is 2.21 bits per heavy atom. The summed E-state index contributed by atoms with van der Waals surface area (Å²) in [6, 6.07) is 0.196. The quantitative estimate of drug-likeness (QED) is 0.579. The van der Waals surface area contributed by atoms with Gasteiger partial charge in [0.25, 0.3) is 0 Å². The van der Waals surface area contributed by atoms with Crippen molar-refractivity contribution in [2.75, 3.05) is 13.1 Å². The van der Waals surface area contributed by atoms with Gasteiger partial charge in [0.1, 0.15) is 0 Å². The number of aliphatic hydroxyl groups is 1. The van der Waals surface area contributed by atoms with E-state index in [1.165, 1.54) is 0 Å². The van der Waals surface area contributed by atoms with Gasteiger partial charge in [-0.2, -0.15) is 0 Å². The van der Waals surface area contributed by atoms with Crippen molar-refractivity contribution in [3.8, 4) is 0 Å². The van der Waals surface area contributed by atoms with Crippen molar-refractivity contribution in [2.24, 2.45) is 5.92 Å². The fraction of sp³-hybridized carbons (Fsp3) is 0.900. The van der Waals surface area contributed by atoms with Crippen molar-refractivity contribution in [3.05, 3.63) is 0 Å². The highest BCUT2D eigenvalue weighted by atomic mass is 16.3. The predicted octanol–water partition coefficient (Wildman–Crippen LogP) is -0.128. The molecule has 1 aliphatic carbocycles. The average molecular weight is 200 g/mol. The zero-order valence-electron chi connectivity index (χ0n) is 8.92. The van der Waals surface area contributed by atoms with Crippen LogP contribution in [0.25, 0.3) is 0 Å². The van der Waals surface area contributed by atoms with E-state index in [1.54, 1.807) is 0 Å². The molecule has 0 spiro atoms. The first kappa shape index (κ1) is 11.5. The molecular formula is C10H20N2O2. The molecule has 1 fully saturated rings. The molecule has 0 bridgehead atoms. The normalized spacial score (nSPS) is 27.9. The summed E-state index contributed by atoms with van der Waals surface area (Å²) in [6.45, 7) is 5.54. The molecule has 4 nitrogen and oxygen atoms in total. The van der Waals surface area contributed by atoms with Crippen molar-refractivity contribution >= 4 is 5.91 Å². The largest absolute Gasteiger partial charge is 0.393 e. The van der Waals surface area contributed by atoms with Crippen LogP contribution in [0.1, 0.15) is 26.7 Å². The van der Waals surface area contributed by atoms with Crippen molar-refractivity contribution < 1.29 is 9.90 Å². The lowest BCUT2D eigenvalue weighted by Gasteiger charge is -2.32. The molecule has 1 unspecified atom stereocenters. The van der Waals surface area contributed by atoms with Gasteiger partial charge in [-0.15, -0.1) is 0 Å². The number of hydrogen-bond donors (Lipinski definition) is 3. The molecule has 82 valence electrons. The standard InChI is InChI=1S/C10H20N2O2/c1-3-11-6-7(2)10(14)12-8-4-9(13)5-8/h7-9,11,13H,3-6H2,1-2H3,(H,12,14). The van der Waals surface area contributed by atoms with E-state index < -0.39 is 0 Å². The van der Waals surface area contributed by atoms with Crippen LogP contribution >= 0.6 is 0 Å². The molecule has 0 aromatic rings. The van der Waals surface area contributed by atoms with Gasteiger partial charge in [0.15, 0.2) is 0 Å². The zero-order valence-corrected chi connectivity index (χ0v) is 8.92. The molecule has 0 saturated heterocycles. The van der Waals surface area contributed by atoms with Gasteiger partial charge in [-0.25, -0.2) is 0 Å². The van der Waals surface area contributed by atoms with Crippen molar-refractivity contribution in [1.29, 1.82) is 0 Å². The van der Waals surface area contributed by atoms with Crippen LogP contribution in [0.2, 0.25) is 0 Å². The molecule has 0 heterocycles. The Bertz CT molecular complexity index is 191. The van der Waals surface area contributed by atoms with Crippen molar-refractivity contribution in [2.45, 2.75) is 38.8 Å². The number of aliphatic hydroxyl groups excluding tert-OH is 1. The minimum atomic E-state index is -0.204. The van der Waals surface area contributed by atoms with E-state index in [0.29, 0.717) is 12.8 Å². The topological polar surface area (TPSA) is 61.4 Å². The van der Waals surface area contributed by atoms with Crippen molar-refractivity contribution in [1.82, 2.24) is 10.6 Å². The summed E-state index contributed by atoms with van der Waals surface area (Å²) in [5, 5.41) is 15.1. The second-order valence-electron chi connectivity index (χ2n) is 4.04. The van der Waals surface area contributed by atoms with E-state index in [0.717, 1.165) is 13.1 Å². The Labute approximate surface area is 85.1 Å². The van der Waals surface area contributed by atoms with Crippen LogP contribution in [-0.4, -0.2) is 36.2 Å². The lowest BCUT2D eigenvalue weighted by atomic mass is 9.89. The smallest absolute Gasteiger partial charge is 0.224 e. The van der Waals surface area contributed by atoms with E-state index in [2.05, 4.69) is 10.6 Å². The van der Waals surface area contributed by atoms with Gasteiger partial charge >= 0.3 is 0 Å². The maximum Gasteiger partial charge on any atom is 0.224 e. The molecule has 1 amide bonds. The summed E-state index contributed by atoms with van der Waals surface area (Å²) in [5.41, 5.74) is 0. The van der Waals surface area contributed by atoms with Crippen LogP contribution in [0.3, 0.4) is 0 Å². The number of hydrogen-bond acceptors (Lipinski definition) is 3. The maximum atomic E-state index is 11.5. The molecule has 4 heteroatoms. The molecule has 1 rings (SSSR count). The molecule has 1 atom stereocenters. The Kier molecular flexibility index (Phi) is 4.35. The average Bonchev–Trinajstić information content (AvgIpc) is 2.11. The van der Waals surface area contributed by atoms with Crippen LogP contribution in [-0.2, 0) is 4.79 Å². The number of rotatable bonds is 5. The molecule has 1 aliphatic rings. The first-order valence-corrected chi connectivity index (χ1v) is 5.32. The monoisotopic (exact) mass is 200 g/mol. The van der Waals surface area contributed by atoms with Crippen molar-refractivity contribution in [3.63, 3.8) is 0 Å². The molecule has 14 heavy (non-hydrogen) atoms. The number of amides is 1. The van der Waals surface area contributed by atoms with Gasteiger partial charge in [0, 0.05) is 18.5 Å². The Morgan fingerprint density at radius 3 is 2.71 bits per heavy atom. The zero-order chi connectivity index (χ0) is 10.6. The van der Waals surface area contributed by atoms with E-state index in [9.17, 15) is 4.79 Å². The summed E-state index contributed by atoms with van der Waals surface area (Å²) in [4.78, 5) is 11.5. The summed E-state index contributed by atoms with van der Waals surface area (Å²) in [6.07, 6.45) is 1.21. The fourth-order valence-corrected chi connectivity index (χ4v) is 1.50. The molecule has 0 radical (unpaired) electrons. The Morgan fingerprint density at radius 1 is 1.57 bits per heavy atom. The second-order valence-corrected chi connectivity index (χ2v) is 4.04. The summed E-state index contributed by atoms with van der Waals surface area (Å²) in [5.74, 6) is 0.0931. The van der Waals surface area contributed by atoms with Gasteiger partial charge in [-0.1, -0.05) is 13.8 Å². The molecule has 0 aromatic heterocycles. The summed E-state index contributed by atoms with van der Waals surface area (Å²) < 4.78 is 0. The van der Waals surface area contributed by atoms with E-state index in [1.807, 2.05) is 13.8 Å². The fourth-order valence-electron chi connectivity index (χ4n) is 1.50. The first-order valence-electron chi connectivity index (χ1n) is 5.32. The Balaban J connectivity index is 2.14. The first-order chi connectivity index (χ1) is 6.63. The summed E-state index contributed by atoms with van der Waals surface area (Å²) >= 11 is 0. The maximum absolute atomic E-state index is 11.5. The SMILES string of the molecule is CCNCC(C)C(=O)NC1CC(O)C1. The van der Waals surface area contributed by atoms with Crippen LogP contribution in [0, 0.1) is 5.92 Å². The van der Waals surface area contributed by atoms with Crippen LogP contribution < -0.4 is 10.6 Å². The number of nitrogens with one attached hydrogen (secondary N) is 2. The minimum Gasteiger partial charge on any atom is -0.393 e. The lowest BCUT2D eigenvalue weighted by molar-refractivity contribution is -0.126. The predicted molar refractivity (Wildman–Crippen MR) is 54.9 cm³/mol. The van der Waals surface area contributed by atoms with E-state index in [4.69, 9.17) is 5.11 Å². The van der Waals surface area contributed by atoms with E-state index >= 15 is 0 Å². The van der Waals surface area contributed by atoms with Crippen LogP contribution in [0.5, 0.6) is 0 Å². The van der Waals surface area contributed by atoms with Gasteiger partial charge in [0.05, 0.1) is 6.10 Å². The highest BCUT2D eigenvalue weighted by Gasteiger charge is 2.29. The third kappa shape index (κ3) is 3.27. The molecule has 0 aromatic carbocycles. The van der Waals surface area contributed by atoms with Gasteiger partial charge in [-0.3, -0.25) is 4.79 Å². The highest BCUT2D eigenvalue weighted by Crippen LogP contribution is 2.19. The Hall–Kier alpha value is -0.610. The summed E-state index contributed by atoms with van der Waals surface area (Å²) in [7, 11) is 0. The number of carbonyl (C=O) groups excluding carboxylic acids is 1. The second kappa shape index (κ2) is 5.32. The lowest BCUT2D eigenvalue weighted by Crippen LogP contribution is -2.49. The molecule has 0 aliphatic heterocycles.